The van der Waals surface area contributed by atoms with Crippen LogP contribution in [0.25, 0.3) is 0 Å². The molecule has 6 nitrogen and oxygen atoms in total. The molecule has 1 amide bonds. The first-order valence-corrected chi connectivity index (χ1v) is 11.9. The molecule has 1 aliphatic carbocycles. The zero-order chi connectivity index (χ0) is 20.3. The standard InChI is InChI=1S/C21H33N3O3S/c1-16-8-7-11-20(17(16)2)22-21(25)18(3)23-12-14-24(15-13-23)28(26,27)19-9-5-4-6-10-19/h4-6,9-10,16-18,20H,7-8,11-15H2,1-3H3,(H,22,25)/p+1/t16-,17-,18-,20-/m1/s1. The van der Waals surface area contributed by atoms with Crippen LogP contribution in [0.2, 0.25) is 0 Å². The number of quaternary nitrogens is 1. The second-order valence-electron chi connectivity index (χ2n) is 8.48. The van der Waals surface area contributed by atoms with Crippen molar-refractivity contribution in [1.29, 1.82) is 0 Å². The van der Waals surface area contributed by atoms with Crippen LogP contribution in [0.15, 0.2) is 35.2 Å². The minimum atomic E-state index is -3.45. The first-order chi connectivity index (χ1) is 13.3. The second kappa shape index (κ2) is 8.93. The molecule has 3 rings (SSSR count). The Morgan fingerprint density at radius 1 is 1.14 bits per heavy atom. The van der Waals surface area contributed by atoms with Gasteiger partial charge in [0.05, 0.1) is 31.1 Å². The van der Waals surface area contributed by atoms with Gasteiger partial charge in [0.2, 0.25) is 10.0 Å². The maximum atomic E-state index is 12.8. The summed E-state index contributed by atoms with van der Waals surface area (Å²) in [6.07, 6.45) is 3.47. The Bertz CT molecular complexity index is 760. The third-order valence-corrected chi connectivity index (χ3v) is 8.70. The topological polar surface area (TPSA) is 70.9 Å². The fourth-order valence-corrected chi connectivity index (χ4v) is 5.93. The van der Waals surface area contributed by atoms with Crippen molar-refractivity contribution in [3.63, 3.8) is 0 Å². The van der Waals surface area contributed by atoms with Gasteiger partial charge in [0, 0.05) is 6.04 Å². The highest BCUT2D eigenvalue weighted by Crippen LogP contribution is 2.29. The molecule has 1 aromatic rings. The summed E-state index contributed by atoms with van der Waals surface area (Å²) in [4.78, 5) is 14.3. The molecule has 4 atom stereocenters. The van der Waals surface area contributed by atoms with Crippen LogP contribution in [0.4, 0.5) is 0 Å². The summed E-state index contributed by atoms with van der Waals surface area (Å²) >= 11 is 0. The van der Waals surface area contributed by atoms with Crippen molar-refractivity contribution < 1.29 is 18.1 Å². The van der Waals surface area contributed by atoms with E-state index in [2.05, 4.69) is 19.2 Å². The van der Waals surface area contributed by atoms with E-state index in [1.807, 2.05) is 13.0 Å². The third kappa shape index (κ3) is 4.58. The van der Waals surface area contributed by atoms with Crippen LogP contribution in [0.3, 0.4) is 0 Å². The molecule has 0 unspecified atom stereocenters. The number of nitrogens with one attached hydrogen (secondary N) is 2. The van der Waals surface area contributed by atoms with E-state index in [1.165, 1.54) is 12.8 Å². The Hall–Kier alpha value is -1.44. The average Bonchev–Trinajstić information content (AvgIpc) is 2.71. The molecule has 1 saturated heterocycles. The summed E-state index contributed by atoms with van der Waals surface area (Å²) < 4.78 is 27.1. The van der Waals surface area contributed by atoms with Crippen molar-refractivity contribution in [2.45, 2.75) is 57.0 Å². The molecule has 28 heavy (non-hydrogen) atoms. The molecule has 0 bridgehead atoms. The SMILES string of the molecule is C[C@@H]1[C@H](C)CCC[C@H]1NC(=O)[C@@H](C)[NH+]1CCN(S(=O)(=O)c2ccccc2)CC1. The molecular formula is C21H34N3O3S+. The van der Waals surface area contributed by atoms with Gasteiger partial charge in [-0.1, -0.05) is 44.9 Å². The molecule has 1 aliphatic heterocycles. The summed E-state index contributed by atoms with van der Waals surface area (Å²) in [6, 6.07) is 8.68. The van der Waals surface area contributed by atoms with Gasteiger partial charge in [-0.3, -0.25) is 4.79 Å². The van der Waals surface area contributed by atoms with Crippen LogP contribution in [0.1, 0.15) is 40.0 Å². The Balaban J connectivity index is 1.55. The molecule has 2 fully saturated rings. The number of rotatable bonds is 5. The van der Waals surface area contributed by atoms with Gasteiger partial charge >= 0.3 is 0 Å². The predicted octanol–water partition coefficient (Wildman–Crippen LogP) is 0.905. The van der Waals surface area contributed by atoms with E-state index in [-0.39, 0.29) is 18.0 Å². The van der Waals surface area contributed by atoms with Crippen molar-refractivity contribution in [1.82, 2.24) is 9.62 Å². The Labute approximate surface area is 169 Å². The van der Waals surface area contributed by atoms with Crippen LogP contribution in [-0.2, 0) is 14.8 Å². The van der Waals surface area contributed by atoms with E-state index in [4.69, 9.17) is 0 Å². The largest absolute Gasteiger partial charge is 0.348 e. The number of carbonyl (C=O) groups is 1. The first-order valence-electron chi connectivity index (χ1n) is 10.5. The van der Waals surface area contributed by atoms with Crippen LogP contribution >= 0.6 is 0 Å². The number of hydrogen-bond acceptors (Lipinski definition) is 3. The van der Waals surface area contributed by atoms with Gasteiger partial charge in [0.15, 0.2) is 6.04 Å². The number of sulfonamides is 1. The molecular weight excluding hydrogens is 374 g/mol. The van der Waals surface area contributed by atoms with Gasteiger partial charge in [-0.25, -0.2) is 8.42 Å². The van der Waals surface area contributed by atoms with Crippen LogP contribution in [0.5, 0.6) is 0 Å². The summed E-state index contributed by atoms with van der Waals surface area (Å²) in [5.74, 6) is 1.25. The molecule has 1 saturated carbocycles. The molecule has 0 radical (unpaired) electrons. The van der Waals surface area contributed by atoms with Gasteiger partial charge in [-0.05, 0) is 37.3 Å². The average molecular weight is 409 g/mol. The van der Waals surface area contributed by atoms with Gasteiger partial charge in [0.1, 0.15) is 0 Å². The van der Waals surface area contributed by atoms with E-state index >= 15 is 0 Å². The van der Waals surface area contributed by atoms with Gasteiger partial charge < -0.3 is 10.2 Å². The minimum absolute atomic E-state index is 0.0975. The second-order valence-corrected chi connectivity index (χ2v) is 10.4. The molecule has 7 heteroatoms. The maximum Gasteiger partial charge on any atom is 0.278 e. The number of benzene rings is 1. The zero-order valence-electron chi connectivity index (χ0n) is 17.2. The predicted molar refractivity (Wildman–Crippen MR) is 109 cm³/mol. The molecule has 2 aliphatic rings. The fraction of sp³-hybridized carbons (Fsp3) is 0.667. The summed E-state index contributed by atoms with van der Waals surface area (Å²) in [5.41, 5.74) is 0. The molecule has 156 valence electrons. The maximum absolute atomic E-state index is 12.8. The van der Waals surface area contributed by atoms with Crippen LogP contribution in [-0.4, -0.2) is 56.9 Å². The lowest BCUT2D eigenvalue weighted by Crippen LogP contribution is -3.19. The van der Waals surface area contributed by atoms with Crippen molar-refractivity contribution >= 4 is 15.9 Å². The highest BCUT2D eigenvalue weighted by molar-refractivity contribution is 7.89. The van der Waals surface area contributed by atoms with E-state index in [1.54, 1.807) is 28.6 Å². The highest BCUT2D eigenvalue weighted by Gasteiger charge is 2.36. The monoisotopic (exact) mass is 408 g/mol. The van der Waals surface area contributed by atoms with Crippen molar-refractivity contribution in [2.75, 3.05) is 26.2 Å². The highest BCUT2D eigenvalue weighted by atomic mass is 32.2. The molecule has 0 spiro atoms. The van der Waals surface area contributed by atoms with Gasteiger partial charge in [-0.15, -0.1) is 0 Å². The quantitative estimate of drug-likeness (QED) is 0.761. The Kier molecular flexibility index (Phi) is 6.78. The van der Waals surface area contributed by atoms with E-state index in [0.29, 0.717) is 42.9 Å². The smallest absolute Gasteiger partial charge is 0.278 e. The lowest BCUT2D eigenvalue weighted by molar-refractivity contribution is -0.917. The van der Waals surface area contributed by atoms with E-state index in [9.17, 15) is 13.2 Å². The van der Waals surface area contributed by atoms with Crippen molar-refractivity contribution in [3.05, 3.63) is 30.3 Å². The lowest BCUT2D eigenvalue weighted by atomic mass is 9.78. The van der Waals surface area contributed by atoms with E-state index in [0.717, 1.165) is 11.3 Å². The molecule has 1 aromatic carbocycles. The first kappa shape index (κ1) is 21.3. The number of hydrogen-bond donors (Lipinski definition) is 2. The molecule has 2 N–H and O–H groups in total. The summed E-state index contributed by atoms with van der Waals surface area (Å²) in [7, 11) is -3.45. The van der Waals surface area contributed by atoms with Gasteiger partial charge in [0.25, 0.3) is 5.91 Å². The molecule has 1 heterocycles. The number of carbonyl (C=O) groups excluding carboxylic acids is 1. The normalized spacial score (nSPS) is 28.6. The number of amides is 1. The van der Waals surface area contributed by atoms with Crippen molar-refractivity contribution in [2.24, 2.45) is 11.8 Å². The number of nitrogens with zero attached hydrogens (tertiary/aromatic N) is 1. The van der Waals surface area contributed by atoms with Crippen molar-refractivity contribution in [3.8, 4) is 0 Å². The molecule has 0 aromatic heterocycles. The Morgan fingerprint density at radius 2 is 1.79 bits per heavy atom. The Morgan fingerprint density at radius 3 is 2.43 bits per heavy atom. The minimum Gasteiger partial charge on any atom is -0.348 e. The number of piperazine rings is 1. The van der Waals surface area contributed by atoms with Crippen LogP contribution < -0.4 is 10.2 Å². The van der Waals surface area contributed by atoms with E-state index < -0.39 is 10.0 Å². The fourth-order valence-electron chi connectivity index (χ4n) is 4.47. The zero-order valence-corrected chi connectivity index (χ0v) is 18.0. The summed E-state index contributed by atoms with van der Waals surface area (Å²) in [5, 5.41) is 3.27. The summed E-state index contributed by atoms with van der Waals surface area (Å²) in [6.45, 7) is 8.66. The van der Waals surface area contributed by atoms with Crippen LogP contribution in [0, 0.1) is 11.8 Å². The third-order valence-electron chi connectivity index (χ3n) is 6.79. The lowest BCUT2D eigenvalue weighted by Gasteiger charge is -2.37. The van der Waals surface area contributed by atoms with Gasteiger partial charge in [-0.2, -0.15) is 4.31 Å².